The smallest absolute Gasteiger partial charge is 0.407 e. The fourth-order valence-electron chi connectivity index (χ4n) is 5.62. The van der Waals surface area contributed by atoms with E-state index in [1.54, 1.807) is 33.5 Å². The van der Waals surface area contributed by atoms with Crippen molar-refractivity contribution in [2.45, 2.75) is 12.5 Å². The molecule has 1 aromatic carbocycles. The van der Waals surface area contributed by atoms with Gasteiger partial charge in [0.1, 0.15) is 23.0 Å². The van der Waals surface area contributed by atoms with Crippen molar-refractivity contribution >= 4 is 40.8 Å². The lowest BCUT2D eigenvalue weighted by atomic mass is 10.1. The van der Waals surface area contributed by atoms with Crippen LogP contribution in [0.25, 0.3) is 16.9 Å². The molecule has 1 amide bonds. The molecule has 3 aromatic heterocycles. The van der Waals surface area contributed by atoms with Crippen LogP contribution < -0.4 is 24.2 Å². The van der Waals surface area contributed by atoms with Crippen LogP contribution in [0.2, 0.25) is 5.02 Å². The summed E-state index contributed by atoms with van der Waals surface area (Å²) >= 11 is 6.40. The first-order chi connectivity index (χ1) is 20.3. The monoisotopic (exact) mass is 592 g/mol. The Labute approximate surface area is 248 Å². The second-order valence-electron chi connectivity index (χ2n) is 10.4. The minimum atomic E-state index is -0.913. The zero-order valence-electron chi connectivity index (χ0n) is 23.8. The van der Waals surface area contributed by atoms with Crippen molar-refractivity contribution in [2.24, 2.45) is 0 Å². The molecular weight excluding hydrogens is 560 g/mol. The summed E-state index contributed by atoms with van der Waals surface area (Å²) in [6.45, 7) is 4.62. The van der Waals surface area contributed by atoms with Gasteiger partial charge in [0, 0.05) is 88.3 Å². The number of aromatic nitrogens is 4. The molecule has 2 saturated heterocycles. The average molecular weight is 593 g/mol. The van der Waals surface area contributed by atoms with Crippen LogP contribution in [0, 0.1) is 0 Å². The number of hydrogen-bond acceptors (Lipinski definition) is 9. The maximum absolute atomic E-state index is 11.3. The normalized spacial score (nSPS) is 17.1. The fourth-order valence-corrected chi connectivity index (χ4v) is 5.86. The quantitative estimate of drug-likeness (QED) is 0.338. The number of anilines is 3. The Hall–Kier alpha value is -4.45. The van der Waals surface area contributed by atoms with E-state index in [2.05, 4.69) is 31.8 Å². The molecule has 0 aliphatic carbocycles. The van der Waals surface area contributed by atoms with Gasteiger partial charge >= 0.3 is 6.09 Å². The molecule has 220 valence electrons. The molecular formula is C29H33ClN8O4. The van der Waals surface area contributed by atoms with E-state index in [1.807, 2.05) is 28.9 Å². The molecule has 0 spiro atoms. The van der Waals surface area contributed by atoms with Gasteiger partial charge in [-0.15, -0.1) is 0 Å². The van der Waals surface area contributed by atoms with Gasteiger partial charge in [-0.2, -0.15) is 4.98 Å². The molecule has 1 atom stereocenters. The van der Waals surface area contributed by atoms with Crippen LogP contribution in [-0.4, -0.2) is 102 Å². The maximum Gasteiger partial charge on any atom is 0.407 e. The number of amides is 1. The average Bonchev–Trinajstić information content (AvgIpc) is 3.68. The third kappa shape index (κ3) is 5.29. The summed E-state index contributed by atoms with van der Waals surface area (Å²) in [6, 6.07) is 9.67. The van der Waals surface area contributed by atoms with Crippen LogP contribution in [0.1, 0.15) is 6.42 Å². The molecule has 12 nitrogen and oxygen atoms in total. The Morgan fingerprint density at radius 3 is 2.50 bits per heavy atom. The molecule has 1 N–H and O–H groups in total. The summed E-state index contributed by atoms with van der Waals surface area (Å²) in [4.78, 5) is 33.6. The maximum atomic E-state index is 11.3. The number of imidazole rings is 1. The Bertz CT molecular complexity index is 1610. The van der Waals surface area contributed by atoms with Crippen molar-refractivity contribution in [3.8, 4) is 22.8 Å². The van der Waals surface area contributed by atoms with Crippen LogP contribution >= 0.6 is 11.6 Å². The molecule has 4 aromatic rings. The Balaban J connectivity index is 1.13. The first-order valence-corrected chi connectivity index (χ1v) is 14.2. The van der Waals surface area contributed by atoms with E-state index < -0.39 is 6.09 Å². The molecule has 0 radical (unpaired) electrons. The summed E-state index contributed by atoms with van der Waals surface area (Å²) in [5.41, 5.74) is 3.49. The summed E-state index contributed by atoms with van der Waals surface area (Å²) in [5.74, 6) is 2.72. The highest BCUT2D eigenvalue weighted by atomic mass is 35.5. The summed E-state index contributed by atoms with van der Waals surface area (Å²) in [7, 11) is 4.81. The van der Waals surface area contributed by atoms with Crippen molar-refractivity contribution in [2.75, 3.05) is 75.2 Å². The predicted octanol–water partition coefficient (Wildman–Crippen LogP) is 3.98. The highest BCUT2D eigenvalue weighted by Gasteiger charge is 2.30. The van der Waals surface area contributed by atoms with Crippen LogP contribution in [0.4, 0.5) is 22.2 Å². The zero-order valence-corrected chi connectivity index (χ0v) is 24.5. The molecule has 42 heavy (non-hydrogen) atoms. The number of ether oxygens (including phenoxy) is 2. The Morgan fingerprint density at radius 1 is 1.00 bits per heavy atom. The van der Waals surface area contributed by atoms with Gasteiger partial charge in [0.25, 0.3) is 0 Å². The topological polar surface area (TPSA) is 112 Å². The van der Waals surface area contributed by atoms with Crippen LogP contribution in [0.15, 0.2) is 48.9 Å². The largest absolute Gasteiger partial charge is 0.496 e. The Kier molecular flexibility index (Phi) is 7.55. The molecule has 2 aliphatic heterocycles. The van der Waals surface area contributed by atoms with Gasteiger partial charge in [-0.05, 0) is 24.6 Å². The number of rotatable bonds is 7. The number of hydrogen-bond donors (Lipinski definition) is 1. The lowest BCUT2D eigenvalue weighted by molar-refractivity contribution is 0.142. The van der Waals surface area contributed by atoms with Crippen molar-refractivity contribution in [3.63, 3.8) is 0 Å². The minimum absolute atomic E-state index is 0.0576. The third-order valence-corrected chi connectivity index (χ3v) is 8.38. The SMILES string of the molecule is COc1cc(OC)c(-c2cn3ccc(N4CCN(c5ccnc(N6CCC(N(C)C(=O)O)C6)n5)CC4)cc3n2)cc1Cl. The van der Waals surface area contributed by atoms with E-state index in [9.17, 15) is 9.90 Å². The molecule has 2 aliphatic rings. The molecule has 1 unspecified atom stereocenters. The molecule has 0 saturated carbocycles. The van der Waals surface area contributed by atoms with Crippen molar-refractivity contribution < 1.29 is 19.4 Å². The highest BCUT2D eigenvalue weighted by molar-refractivity contribution is 6.32. The van der Waals surface area contributed by atoms with Gasteiger partial charge in [0.15, 0.2) is 0 Å². The van der Waals surface area contributed by atoms with E-state index in [0.29, 0.717) is 29.0 Å². The molecule has 0 bridgehead atoms. The van der Waals surface area contributed by atoms with Gasteiger partial charge < -0.3 is 38.6 Å². The standard InChI is InChI=1S/C29H33ClN8O4/c1-34(29(39)40)20-6-9-38(17-20)28-31-7-4-26(33-28)36-12-10-35(11-13-36)19-5-8-37-18-23(32-27(37)14-19)21-15-22(30)25(42-3)16-24(21)41-2/h4-5,7-8,14-16,18,20H,6,9-13,17H2,1-3H3,(H,39,40). The van der Waals surface area contributed by atoms with Crippen molar-refractivity contribution in [1.82, 2.24) is 24.3 Å². The van der Waals surface area contributed by atoms with Gasteiger partial charge in [-0.25, -0.2) is 14.8 Å². The summed E-state index contributed by atoms with van der Waals surface area (Å²) in [5, 5.41) is 9.81. The molecule has 13 heteroatoms. The fraction of sp³-hybridized carbons (Fsp3) is 0.379. The van der Waals surface area contributed by atoms with E-state index in [4.69, 9.17) is 31.0 Å². The van der Waals surface area contributed by atoms with Crippen LogP contribution in [0.3, 0.4) is 0 Å². The zero-order chi connectivity index (χ0) is 29.4. The number of benzene rings is 1. The number of likely N-dealkylation sites (N-methyl/N-ethyl adjacent to an activating group) is 1. The molecule has 5 heterocycles. The molecule has 2 fully saturated rings. The van der Waals surface area contributed by atoms with Crippen LogP contribution in [0.5, 0.6) is 11.5 Å². The van der Waals surface area contributed by atoms with E-state index in [0.717, 1.165) is 67.6 Å². The first-order valence-electron chi connectivity index (χ1n) is 13.8. The number of carbonyl (C=O) groups is 1. The summed E-state index contributed by atoms with van der Waals surface area (Å²) < 4.78 is 12.9. The number of nitrogens with zero attached hydrogens (tertiary/aromatic N) is 8. The first kappa shape index (κ1) is 27.7. The number of pyridine rings is 1. The highest BCUT2D eigenvalue weighted by Crippen LogP contribution is 2.38. The van der Waals surface area contributed by atoms with Crippen molar-refractivity contribution in [3.05, 3.63) is 53.9 Å². The van der Waals surface area contributed by atoms with Crippen molar-refractivity contribution in [1.29, 1.82) is 0 Å². The van der Waals surface area contributed by atoms with Gasteiger partial charge in [-0.3, -0.25) is 0 Å². The van der Waals surface area contributed by atoms with Gasteiger partial charge in [0.05, 0.1) is 31.0 Å². The second kappa shape index (κ2) is 11.4. The number of methoxy groups -OCH3 is 2. The van der Waals surface area contributed by atoms with Gasteiger partial charge in [-0.1, -0.05) is 11.6 Å². The third-order valence-electron chi connectivity index (χ3n) is 8.09. The number of carboxylic acid groups (broad SMARTS) is 1. The number of piperazine rings is 1. The number of fused-ring (bicyclic) bond motifs is 1. The minimum Gasteiger partial charge on any atom is -0.496 e. The van der Waals surface area contributed by atoms with E-state index in [-0.39, 0.29) is 6.04 Å². The summed E-state index contributed by atoms with van der Waals surface area (Å²) in [6.07, 6.45) is 5.62. The lowest BCUT2D eigenvalue weighted by Gasteiger charge is -2.36. The van der Waals surface area contributed by atoms with E-state index in [1.165, 1.54) is 4.90 Å². The number of halogens is 1. The molecule has 6 rings (SSSR count). The van der Waals surface area contributed by atoms with Gasteiger partial charge in [0.2, 0.25) is 5.95 Å². The predicted molar refractivity (Wildman–Crippen MR) is 162 cm³/mol. The Morgan fingerprint density at radius 2 is 1.76 bits per heavy atom. The van der Waals surface area contributed by atoms with E-state index >= 15 is 0 Å². The lowest BCUT2D eigenvalue weighted by Crippen LogP contribution is -2.47. The second-order valence-corrected chi connectivity index (χ2v) is 10.8. The van der Waals surface area contributed by atoms with Crippen LogP contribution in [-0.2, 0) is 0 Å².